The number of carboxylic acid groups (broad SMARTS) is 1. The molecule has 0 radical (unpaired) electrons. The van der Waals surface area contributed by atoms with Crippen LogP contribution in [0.5, 0.6) is 0 Å². The van der Waals surface area contributed by atoms with Crippen molar-refractivity contribution in [2.75, 3.05) is 0 Å². The summed E-state index contributed by atoms with van der Waals surface area (Å²) in [5.74, 6) is -0.165. The van der Waals surface area contributed by atoms with Gasteiger partial charge in [-0.3, -0.25) is 0 Å². The summed E-state index contributed by atoms with van der Waals surface area (Å²) < 4.78 is 0. The van der Waals surface area contributed by atoms with Gasteiger partial charge in [0.05, 0.1) is 0 Å². The van der Waals surface area contributed by atoms with Crippen molar-refractivity contribution < 1.29 is 9.90 Å². The molecule has 1 rings (SSSR count). The Morgan fingerprint density at radius 3 is 2.17 bits per heavy atom. The van der Waals surface area contributed by atoms with Gasteiger partial charge in [0.25, 0.3) is 0 Å². The maximum atomic E-state index is 10.9. The Labute approximate surface area is 149 Å². The molecule has 0 fully saturated rings. The molecule has 0 heterocycles. The molecule has 138 valence electrons. The van der Waals surface area contributed by atoms with Crippen molar-refractivity contribution in [1.82, 2.24) is 0 Å². The second-order valence-electron chi connectivity index (χ2n) is 7.70. The van der Waals surface area contributed by atoms with Crippen LogP contribution in [0.4, 0.5) is 0 Å². The van der Waals surface area contributed by atoms with Crippen LogP contribution in [-0.4, -0.2) is 11.1 Å². The van der Waals surface area contributed by atoms with Crippen molar-refractivity contribution in [3.8, 4) is 0 Å². The third kappa shape index (κ3) is 8.52. The quantitative estimate of drug-likeness (QED) is 0.512. The van der Waals surface area contributed by atoms with Crippen molar-refractivity contribution in [2.45, 2.75) is 87.0 Å². The van der Waals surface area contributed by atoms with Crippen molar-refractivity contribution in [3.63, 3.8) is 0 Å². The van der Waals surface area contributed by atoms with Crippen LogP contribution in [0.3, 0.4) is 0 Å². The molecule has 0 saturated heterocycles. The molecule has 0 aromatic carbocycles. The van der Waals surface area contributed by atoms with Crippen LogP contribution >= 0.6 is 0 Å². The van der Waals surface area contributed by atoms with E-state index in [1.807, 2.05) is 6.08 Å². The van der Waals surface area contributed by atoms with Gasteiger partial charge in [-0.25, -0.2) is 4.79 Å². The summed E-state index contributed by atoms with van der Waals surface area (Å²) in [5, 5.41) is 8.98. The second-order valence-corrected chi connectivity index (χ2v) is 7.70. The standard InChI is InChI=1S/C18H28O2.C4H10/c1-13(2)14(3)7-6-12-18(4,5)16-10-8-15(9-11-16)17(19)20;1-3-4-2/h7-8,11,13H,6,9-10,12H2,1-5H3,(H,19,20);3-4H2,1-2H3/b14-7+;. The van der Waals surface area contributed by atoms with Crippen LogP contribution in [0, 0.1) is 11.3 Å². The van der Waals surface area contributed by atoms with Crippen LogP contribution in [0.15, 0.2) is 34.9 Å². The molecule has 0 bridgehead atoms. The van der Waals surface area contributed by atoms with Gasteiger partial charge in [-0.1, -0.05) is 83.8 Å². The Hall–Kier alpha value is -1.31. The fourth-order valence-corrected chi connectivity index (χ4v) is 2.42. The Kier molecular flexibility index (Phi) is 10.7. The SMILES string of the molecule is C/C(=C\CCC(C)(C)C1=CCC(C(=O)O)=CC1)C(C)C.CCCC. The van der Waals surface area contributed by atoms with E-state index in [0.717, 1.165) is 19.3 Å². The minimum absolute atomic E-state index is 0.147. The summed E-state index contributed by atoms with van der Waals surface area (Å²) in [6, 6.07) is 0. The lowest BCUT2D eigenvalue weighted by Gasteiger charge is -2.29. The van der Waals surface area contributed by atoms with E-state index >= 15 is 0 Å². The molecule has 0 aliphatic heterocycles. The molecular weight excluding hydrogens is 296 g/mol. The van der Waals surface area contributed by atoms with Gasteiger partial charge in [0, 0.05) is 5.57 Å². The first-order chi connectivity index (χ1) is 11.2. The number of aliphatic carboxylic acids is 1. The number of allylic oxidation sites excluding steroid dienone is 5. The number of carbonyl (C=O) groups is 1. The molecule has 1 aliphatic carbocycles. The maximum Gasteiger partial charge on any atom is 0.331 e. The molecule has 2 heteroatoms. The average Bonchev–Trinajstić information content (AvgIpc) is 2.54. The highest BCUT2D eigenvalue weighted by molar-refractivity contribution is 5.87. The first-order valence-electron chi connectivity index (χ1n) is 9.44. The molecule has 0 aromatic rings. The van der Waals surface area contributed by atoms with Gasteiger partial charge < -0.3 is 5.11 Å². The van der Waals surface area contributed by atoms with E-state index in [2.05, 4.69) is 60.6 Å². The van der Waals surface area contributed by atoms with Gasteiger partial charge in [-0.15, -0.1) is 0 Å². The molecule has 0 spiro atoms. The number of rotatable bonds is 7. The molecule has 1 N–H and O–H groups in total. The van der Waals surface area contributed by atoms with Crippen molar-refractivity contribution in [2.24, 2.45) is 11.3 Å². The number of unbranched alkanes of at least 4 members (excludes halogenated alkanes) is 1. The molecule has 0 saturated carbocycles. The summed E-state index contributed by atoms with van der Waals surface area (Å²) in [6.45, 7) is 15.5. The van der Waals surface area contributed by atoms with Crippen molar-refractivity contribution in [3.05, 3.63) is 34.9 Å². The molecule has 0 atom stereocenters. The summed E-state index contributed by atoms with van der Waals surface area (Å²) in [4.78, 5) is 10.9. The molecule has 2 nitrogen and oxygen atoms in total. The van der Waals surface area contributed by atoms with E-state index in [9.17, 15) is 4.79 Å². The van der Waals surface area contributed by atoms with Gasteiger partial charge >= 0.3 is 5.97 Å². The van der Waals surface area contributed by atoms with Crippen LogP contribution in [0.1, 0.15) is 87.0 Å². The van der Waals surface area contributed by atoms with E-state index in [0.29, 0.717) is 17.9 Å². The smallest absolute Gasteiger partial charge is 0.331 e. The number of hydrogen-bond donors (Lipinski definition) is 1. The summed E-state index contributed by atoms with van der Waals surface area (Å²) in [7, 11) is 0. The minimum Gasteiger partial charge on any atom is -0.478 e. The van der Waals surface area contributed by atoms with E-state index in [4.69, 9.17) is 5.11 Å². The van der Waals surface area contributed by atoms with Crippen LogP contribution < -0.4 is 0 Å². The minimum atomic E-state index is -0.784. The number of hydrogen-bond acceptors (Lipinski definition) is 1. The highest BCUT2D eigenvalue weighted by Crippen LogP contribution is 2.37. The Balaban J connectivity index is 0.00000118. The summed E-state index contributed by atoms with van der Waals surface area (Å²) in [6.07, 6.45) is 12.5. The van der Waals surface area contributed by atoms with E-state index in [1.54, 1.807) is 0 Å². The molecule has 0 unspecified atom stereocenters. The summed E-state index contributed by atoms with van der Waals surface area (Å²) in [5.41, 5.74) is 3.50. The zero-order chi connectivity index (χ0) is 18.8. The fourth-order valence-electron chi connectivity index (χ4n) is 2.42. The first-order valence-corrected chi connectivity index (χ1v) is 9.44. The highest BCUT2D eigenvalue weighted by Gasteiger charge is 2.24. The van der Waals surface area contributed by atoms with Crippen LogP contribution in [-0.2, 0) is 4.79 Å². The van der Waals surface area contributed by atoms with E-state index in [-0.39, 0.29) is 5.41 Å². The number of carboxylic acids is 1. The molecule has 1 aliphatic rings. The predicted octanol–water partition coefficient (Wildman–Crippen LogP) is 6.93. The van der Waals surface area contributed by atoms with E-state index < -0.39 is 5.97 Å². The topological polar surface area (TPSA) is 37.3 Å². The lowest BCUT2D eigenvalue weighted by atomic mass is 9.76. The Morgan fingerprint density at radius 2 is 1.79 bits per heavy atom. The summed E-state index contributed by atoms with van der Waals surface area (Å²) >= 11 is 0. The van der Waals surface area contributed by atoms with Crippen LogP contribution in [0.25, 0.3) is 0 Å². The van der Waals surface area contributed by atoms with Gasteiger partial charge in [0.2, 0.25) is 0 Å². The molecule has 0 amide bonds. The fraction of sp³-hybridized carbons (Fsp3) is 0.682. The van der Waals surface area contributed by atoms with E-state index in [1.165, 1.54) is 24.0 Å². The average molecular weight is 335 g/mol. The second kappa shape index (κ2) is 11.3. The lowest BCUT2D eigenvalue weighted by Crippen LogP contribution is -2.17. The third-order valence-electron chi connectivity index (χ3n) is 4.93. The predicted molar refractivity (Wildman–Crippen MR) is 105 cm³/mol. The zero-order valence-electron chi connectivity index (χ0n) is 16.9. The highest BCUT2D eigenvalue weighted by atomic mass is 16.4. The van der Waals surface area contributed by atoms with Crippen molar-refractivity contribution in [1.29, 1.82) is 0 Å². The largest absolute Gasteiger partial charge is 0.478 e. The third-order valence-corrected chi connectivity index (χ3v) is 4.93. The monoisotopic (exact) mass is 334 g/mol. The molecule has 0 aromatic heterocycles. The Morgan fingerprint density at radius 1 is 1.21 bits per heavy atom. The van der Waals surface area contributed by atoms with Gasteiger partial charge in [0.1, 0.15) is 0 Å². The maximum absolute atomic E-state index is 10.9. The zero-order valence-corrected chi connectivity index (χ0v) is 16.9. The first kappa shape index (κ1) is 22.7. The molecule has 24 heavy (non-hydrogen) atoms. The Bertz CT molecular complexity index is 474. The van der Waals surface area contributed by atoms with Crippen molar-refractivity contribution >= 4 is 5.97 Å². The van der Waals surface area contributed by atoms with Gasteiger partial charge in [-0.05, 0) is 43.9 Å². The normalized spacial score (nSPS) is 15.4. The van der Waals surface area contributed by atoms with Gasteiger partial charge in [-0.2, -0.15) is 0 Å². The molecular formula is C22H38O2. The van der Waals surface area contributed by atoms with Gasteiger partial charge in [0.15, 0.2) is 0 Å². The lowest BCUT2D eigenvalue weighted by molar-refractivity contribution is -0.132. The van der Waals surface area contributed by atoms with Crippen LogP contribution in [0.2, 0.25) is 0 Å².